The predicted octanol–water partition coefficient (Wildman–Crippen LogP) is 3.59. The molecule has 0 aliphatic heterocycles. The van der Waals surface area contributed by atoms with Gasteiger partial charge in [-0.3, -0.25) is 4.79 Å². The van der Waals surface area contributed by atoms with Gasteiger partial charge in [0.1, 0.15) is 5.75 Å². The van der Waals surface area contributed by atoms with E-state index >= 15 is 0 Å². The van der Waals surface area contributed by atoms with Crippen molar-refractivity contribution in [2.24, 2.45) is 11.3 Å². The molecule has 0 radical (unpaired) electrons. The van der Waals surface area contributed by atoms with Crippen LogP contribution in [-0.4, -0.2) is 17.7 Å². The van der Waals surface area contributed by atoms with Crippen LogP contribution in [0.2, 0.25) is 0 Å². The molecule has 0 spiro atoms. The van der Waals surface area contributed by atoms with Crippen molar-refractivity contribution in [2.45, 2.75) is 33.6 Å². The number of carbonyl (C=O) groups is 1. The highest BCUT2D eigenvalue weighted by atomic mass is 16.5. The molecular weight excluding hydrogens is 228 g/mol. The zero-order valence-electron chi connectivity index (χ0n) is 11.3. The van der Waals surface area contributed by atoms with E-state index in [1.54, 1.807) is 0 Å². The first-order chi connectivity index (χ1) is 8.47. The third-order valence-electron chi connectivity index (χ3n) is 3.62. The Kier molecular flexibility index (Phi) is 5.20. The summed E-state index contributed by atoms with van der Waals surface area (Å²) >= 11 is 0. The zero-order valence-corrected chi connectivity index (χ0v) is 11.3. The number of hydrogen-bond donors (Lipinski definition) is 1. The maximum Gasteiger partial charge on any atom is 0.309 e. The number of hydrogen-bond acceptors (Lipinski definition) is 2. The third-order valence-corrected chi connectivity index (χ3v) is 3.62. The largest absolute Gasteiger partial charge is 0.494 e. The predicted molar refractivity (Wildman–Crippen MR) is 71.8 cm³/mol. The first-order valence-electron chi connectivity index (χ1n) is 6.38. The molecule has 0 saturated heterocycles. The number of carboxylic acids is 1. The molecule has 0 heterocycles. The van der Waals surface area contributed by atoms with Gasteiger partial charge in [-0.25, -0.2) is 0 Å². The van der Waals surface area contributed by atoms with Crippen molar-refractivity contribution in [3.63, 3.8) is 0 Å². The quantitative estimate of drug-likeness (QED) is 0.752. The zero-order chi connectivity index (χ0) is 13.6. The van der Waals surface area contributed by atoms with E-state index in [4.69, 9.17) is 4.74 Å². The normalized spacial score (nSPS) is 14.2. The van der Waals surface area contributed by atoms with Crippen LogP contribution in [0, 0.1) is 11.3 Å². The summed E-state index contributed by atoms with van der Waals surface area (Å²) < 4.78 is 5.57. The third kappa shape index (κ3) is 3.76. The minimum atomic E-state index is -0.725. The summed E-state index contributed by atoms with van der Waals surface area (Å²) in [6.07, 6.45) is 1.38. The summed E-state index contributed by atoms with van der Waals surface area (Å²) in [4.78, 5) is 11.3. The van der Waals surface area contributed by atoms with Gasteiger partial charge in [-0.05, 0) is 37.8 Å². The minimum Gasteiger partial charge on any atom is -0.494 e. The number of para-hydroxylation sites is 1. The average molecular weight is 250 g/mol. The summed E-state index contributed by atoms with van der Waals surface area (Å²) in [5.74, 6) is 0.225. The first-order valence-corrected chi connectivity index (χ1v) is 6.38. The molecule has 1 aromatic rings. The fourth-order valence-corrected chi connectivity index (χ4v) is 1.79. The van der Waals surface area contributed by atoms with Crippen LogP contribution in [0.5, 0.6) is 5.75 Å². The van der Waals surface area contributed by atoms with Gasteiger partial charge >= 0.3 is 5.97 Å². The lowest BCUT2D eigenvalue weighted by Crippen LogP contribution is -2.33. The van der Waals surface area contributed by atoms with E-state index in [-0.39, 0.29) is 5.92 Å². The fourth-order valence-electron chi connectivity index (χ4n) is 1.79. The fraction of sp³-hybridized carbons (Fsp3) is 0.533. The molecule has 0 amide bonds. The summed E-state index contributed by atoms with van der Waals surface area (Å²) in [6.45, 7) is 6.26. The minimum absolute atomic E-state index is 0.117. The second-order valence-electron chi connectivity index (χ2n) is 5.14. The van der Waals surface area contributed by atoms with Crippen molar-refractivity contribution >= 4 is 5.97 Å². The number of benzene rings is 1. The van der Waals surface area contributed by atoms with Gasteiger partial charge < -0.3 is 9.84 Å². The molecule has 0 bridgehead atoms. The van der Waals surface area contributed by atoms with Crippen LogP contribution < -0.4 is 4.74 Å². The Morgan fingerprint density at radius 1 is 1.33 bits per heavy atom. The van der Waals surface area contributed by atoms with Gasteiger partial charge in [0.15, 0.2) is 0 Å². The summed E-state index contributed by atoms with van der Waals surface area (Å²) in [6, 6.07) is 9.58. The smallest absolute Gasteiger partial charge is 0.309 e. The Balaban J connectivity index is 2.39. The van der Waals surface area contributed by atoms with Crippen LogP contribution in [0.25, 0.3) is 0 Å². The van der Waals surface area contributed by atoms with E-state index in [0.29, 0.717) is 13.0 Å². The average Bonchev–Trinajstić information content (AvgIpc) is 2.35. The van der Waals surface area contributed by atoms with Crippen molar-refractivity contribution in [1.82, 2.24) is 0 Å². The van der Waals surface area contributed by atoms with Gasteiger partial charge in [0, 0.05) is 0 Å². The van der Waals surface area contributed by atoms with Crippen LogP contribution >= 0.6 is 0 Å². The monoisotopic (exact) mass is 250 g/mol. The molecule has 1 N–H and O–H groups in total. The van der Waals surface area contributed by atoms with Crippen LogP contribution in [0.1, 0.15) is 33.6 Å². The van der Waals surface area contributed by atoms with Crippen molar-refractivity contribution in [1.29, 1.82) is 0 Å². The van der Waals surface area contributed by atoms with E-state index < -0.39 is 11.4 Å². The van der Waals surface area contributed by atoms with Gasteiger partial charge in [0.2, 0.25) is 0 Å². The molecule has 1 rings (SSSR count). The highest BCUT2D eigenvalue weighted by molar-refractivity contribution is 5.74. The van der Waals surface area contributed by atoms with E-state index in [9.17, 15) is 9.90 Å². The Morgan fingerprint density at radius 3 is 2.44 bits per heavy atom. The Labute approximate surface area is 109 Å². The van der Waals surface area contributed by atoms with Crippen molar-refractivity contribution in [2.75, 3.05) is 6.61 Å². The van der Waals surface area contributed by atoms with E-state index in [0.717, 1.165) is 12.2 Å². The Hall–Kier alpha value is -1.51. The molecule has 1 aromatic carbocycles. The molecule has 0 aromatic heterocycles. The molecule has 100 valence electrons. The molecule has 0 saturated carbocycles. The van der Waals surface area contributed by atoms with Gasteiger partial charge in [0.05, 0.1) is 12.0 Å². The highest BCUT2D eigenvalue weighted by Crippen LogP contribution is 2.32. The number of aliphatic carboxylic acids is 1. The first kappa shape index (κ1) is 14.6. The molecule has 1 atom stereocenters. The van der Waals surface area contributed by atoms with Gasteiger partial charge in [-0.15, -0.1) is 0 Å². The van der Waals surface area contributed by atoms with E-state index in [1.807, 2.05) is 51.1 Å². The van der Waals surface area contributed by atoms with Gasteiger partial charge in [0.25, 0.3) is 0 Å². The van der Waals surface area contributed by atoms with Crippen molar-refractivity contribution < 1.29 is 14.6 Å². The second-order valence-corrected chi connectivity index (χ2v) is 5.14. The van der Waals surface area contributed by atoms with Crippen LogP contribution in [0.15, 0.2) is 30.3 Å². The lowest BCUT2D eigenvalue weighted by atomic mass is 9.75. The number of carboxylic acid groups (broad SMARTS) is 1. The lowest BCUT2D eigenvalue weighted by Gasteiger charge is -2.28. The summed E-state index contributed by atoms with van der Waals surface area (Å²) in [7, 11) is 0. The Morgan fingerprint density at radius 2 is 1.94 bits per heavy atom. The van der Waals surface area contributed by atoms with Gasteiger partial charge in [-0.1, -0.05) is 32.0 Å². The van der Waals surface area contributed by atoms with Crippen molar-refractivity contribution in [3.8, 4) is 5.75 Å². The van der Waals surface area contributed by atoms with Crippen LogP contribution in [-0.2, 0) is 4.79 Å². The maximum atomic E-state index is 11.3. The summed E-state index contributed by atoms with van der Waals surface area (Å²) in [5.41, 5.74) is -0.667. The lowest BCUT2D eigenvalue weighted by molar-refractivity contribution is -0.151. The number of ether oxygens (including phenoxy) is 1. The molecule has 0 aliphatic carbocycles. The molecule has 0 aliphatic rings. The Bertz CT molecular complexity index is 373. The molecule has 0 fully saturated rings. The van der Waals surface area contributed by atoms with Crippen molar-refractivity contribution in [3.05, 3.63) is 30.3 Å². The molecule has 3 heteroatoms. The maximum absolute atomic E-state index is 11.3. The number of rotatable bonds is 7. The van der Waals surface area contributed by atoms with E-state index in [2.05, 4.69) is 0 Å². The van der Waals surface area contributed by atoms with E-state index in [1.165, 1.54) is 0 Å². The standard InChI is InChI=1S/C15H22O3/c1-12(2)15(3,14(16)17)10-7-11-18-13-8-5-4-6-9-13/h4-6,8-9,12H,7,10-11H2,1-3H3,(H,16,17). The van der Waals surface area contributed by atoms with Crippen LogP contribution in [0.3, 0.4) is 0 Å². The van der Waals surface area contributed by atoms with Crippen LogP contribution in [0.4, 0.5) is 0 Å². The molecule has 3 nitrogen and oxygen atoms in total. The van der Waals surface area contributed by atoms with Gasteiger partial charge in [-0.2, -0.15) is 0 Å². The SMILES string of the molecule is CC(C)C(C)(CCCOc1ccccc1)C(=O)O. The second kappa shape index (κ2) is 6.43. The highest BCUT2D eigenvalue weighted by Gasteiger charge is 2.35. The summed E-state index contributed by atoms with van der Waals surface area (Å²) in [5, 5.41) is 9.28. The molecule has 1 unspecified atom stereocenters. The molecular formula is C15H22O3. The molecule has 18 heavy (non-hydrogen) atoms. The topological polar surface area (TPSA) is 46.5 Å².